The highest BCUT2D eigenvalue weighted by atomic mass is 16.3. The number of hydrogen-bond acceptors (Lipinski definition) is 3. The van der Waals surface area contributed by atoms with Gasteiger partial charge in [-0.3, -0.25) is 4.90 Å². The zero-order chi connectivity index (χ0) is 14.4. The molecule has 108 valence electrons. The first-order valence-electron chi connectivity index (χ1n) is 7.32. The Morgan fingerprint density at radius 2 is 2.20 bits per heavy atom. The van der Waals surface area contributed by atoms with Gasteiger partial charge < -0.3 is 10.8 Å². The molecule has 1 aromatic rings. The van der Waals surface area contributed by atoms with Crippen molar-refractivity contribution in [2.75, 3.05) is 19.6 Å². The number of rotatable bonds is 2. The minimum Gasteiger partial charge on any atom is -0.390 e. The molecular formula is C17H24N2O. The molecule has 0 spiro atoms. The van der Waals surface area contributed by atoms with E-state index in [-0.39, 0.29) is 0 Å². The first-order valence-corrected chi connectivity index (χ1v) is 7.32. The van der Waals surface area contributed by atoms with E-state index < -0.39 is 5.60 Å². The zero-order valence-electron chi connectivity index (χ0n) is 12.2. The largest absolute Gasteiger partial charge is 0.390 e. The van der Waals surface area contributed by atoms with Crippen LogP contribution in [0.4, 0.5) is 0 Å². The van der Waals surface area contributed by atoms with E-state index in [1.54, 1.807) is 0 Å². The van der Waals surface area contributed by atoms with Crippen LogP contribution in [0.3, 0.4) is 0 Å². The van der Waals surface area contributed by atoms with Crippen molar-refractivity contribution in [3.63, 3.8) is 0 Å². The van der Waals surface area contributed by atoms with Crippen molar-refractivity contribution >= 4 is 0 Å². The van der Waals surface area contributed by atoms with Crippen molar-refractivity contribution in [3.05, 3.63) is 35.4 Å². The molecule has 1 aromatic carbocycles. The first-order chi connectivity index (χ1) is 9.59. The fraction of sp³-hybridized carbons (Fsp3) is 0.529. The summed E-state index contributed by atoms with van der Waals surface area (Å²) in [6, 6.07) is 8.32. The molecule has 1 fully saturated rings. The molecule has 1 heterocycles. The molecule has 1 atom stereocenters. The molecule has 0 bridgehead atoms. The number of benzene rings is 1. The molecule has 3 N–H and O–H groups in total. The predicted octanol–water partition coefficient (Wildman–Crippen LogP) is 1.73. The fourth-order valence-electron chi connectivity index (χ4n) is 2.64. The van der Waals surface area contributed by atoms with Crippen LogP contribution in [0.5, 0.6) is 0 Å². The number of nitrogens with two attached hydrogens (primary N) is 1. The third kappa shape index (κ3) is 4.64. The maximum atomic E-state index is 10.1. The van der Waals surface area contributed by atoms with Crippen LogP contribution < -0.4 is 5.73 Å². The van der Waals surface area contributed by atoms with Gasteiger partial charge >= 0.3 is 0 Å². The lowest BCUT2D eigenvalue weighted by Crippen LogP contribution is -2.28. The van der Waals surface area contributed by atoms with Crippen molar-refractivity contribution in [3.8, 4) is 11.8 Å². The zero-order valence-corrected chi connectivity index (χ0v) is 12.2. The molecule has 0 radical (unpaired) electrons. The molecule has 2 rings (SSSR count). The number of aliphatic hydroxyl groups is 1. The Balaban J connectivity index is 1.99. The highest BCUT2D eigenvalue weighted by molar-refractivity contribution is 5.37. The van der Waals surface area contributed by atoms with Crippen molar-refractivity contribution in [1.29, 1.82) is 0 Å². The summed E-state index contributed by atoms with van der Waals surface area (Å²) in [4.78, 5) is 2.41. The maximum Gasteiger partial charge on any atom is 0.0632 e. The monoisotopic (exact) mass is 272 g/mol. The Morgan fingerprint density at radius 3 is 3.00 bits per heavy atom. The summed E-state index contributed by atoms with van der Waals surface area (Å²) in [7, 11) is 0. The second-order valence-corrected chi connectivity index (χ2v) is 5.83. The second-order valence-electron chi connectivity index (χ2n) is 5.83. The Hall–Kier alpha value is -1.34. The van der Waals surface area contributed by atoms with Gasteiger partial charge in [0.1, 0.15) is 0 Å². The van der Waals surface area contributed by atoms with Gasteiger partial charge in [0.25, 0.3) is 0 Å². The minimum absolute atomic E-state index is 0.394. The first kappa shape index (κ1) is 15.1. The molecular weight excluding hydrogens is 248 g/mol. The van der Waals surface area contributed by atoms with Crippen LogP contribution in [-0.2, 0) is 6.54 Å². The standard InChI is InChI=1S/C17H24N2O/c1-17(20)8-4-11-19(12-9-17)14-16-6-2-5-15(13-16)7-3-10-18/h2,5-6,13,20H,4,8-12,14,18H2,1H3. The third-order valence-corrected chi connectivity index (χ3v) is 3.82. The van der Waals surface area contributed by atoms with Crippen LogP contribution in [0.1, 0.15) is 37.3 Å². The van der Waals surface area contributed by atoms with Gasteiger partial charge in [0.05, 0.1) is 12.1 Å². The summed E-state index contributed by atoms with van der Waals surface area (Å²) in [5.41, 5.74) is 7.20. The fourth-order valence-corrected chi connectivity index (χ4v) is 2.64. The van der Waals surface area contributed by atoms with E-state index in [4.69, 9.17) is 5.73 Å². The van der Waals surface area contributed by atoms with Gasteiger partial charge in [0, 0.05) is 18.7 Å². The quantitative estimate of drug-likeness (QED) is 0.806. The minimum atomic E-state index is -0.497. The maximum absolute atomic E-state index is 10.1. The van der Waals surface area contributed by atoms with Crippen molar-refractivity contribution in [1.82, 2.24) is 4.90 Å². The molecule has 0 aliphatic carbocycles. The summed E-state index contributed by atoms with van der Waals surface area (Å²) < 4.78 is 0. The van der Waals surface area contributed by atoms with Crippen LogP contribution in [0.15, 0.2) is 24.3 Å². The summed E-state index contributed by atoms with van der Waals surface area (Å²) in [5.74, 6) is 5.96. The summed E-state index contributed by atoms with van der Waals surface area (Å²) >= 11 is 0. The van der Waals surface area contributed by atoms with Gasteiger partial charge in [-0.15, -0.1) is 0 Å². The van der Waals surface area contributed by atoms with Crippen molar-refractivity contribution in [2.24, 2.45) is 5.73 Å². The van der Waals surface area contributed by atoms with Crippen LogP contribution in [0.2, 0.25) is 0 Å². The second kappa shape index (κ2) is 6.90. The molecule has 0 amide bonds. The van der Waals surface area contributed by atoms with Gasteiger partial charge in [-0.2, -0.15) is 0 Å². The number of likely N-dealkylation sites (tertiary alicyclic amines) is 1. The topological polar surface area (TPSA) is 49.5 Å². The van der Waals surface area contributed by atoms with Crippen LogP contribution in [-0.4, -0.2) is 35.2 Å². The molecule has 0 aromatic heterocycles. The average molecular weight is 272 g/mol. The molecule has 0 saturated carbocycles. The Bertz CT molecular complexity index is 499. The normalized spacial score (nSPS) is 23.8. The van der Waals surface area contributed by atoms with Crippen LogP contribution in [0, 0.1) is 11.8 Å². The van der Waals surface area contributed by atoms with Gasteiger partial charge in [-0.1, -0.05) is 24.0 Å². The van der Waals surface area contributed by atoms with E-state index in [1.807, 2.05) is 19.1 Å². The lowest BCUT2D eigenvalue weighted by atomic mass is 9.98. The van der Waals surface area contributed by atoms with E-state index in [9.17, 15) is 5.11 Å². The number of hydrogen-bond donors (Lipinski definition) is 2. The van der Waals surface area contributed by atoms with E-state index >= 15 is 0 Å². The molecule has 20 heavy (non-hydrogen) atoms. The molecule has 1 unspecified atom stereocenters. The van der Waals surface area contributed by atoms with E-state index in [0.717, 1.165) is 44.5 Å². The lowest BCUT2D eigenvalue weighted by molar-refractivity contribution is 0.0444. The summed E-state index contributed by atoms with van der Waals surface area (Å²) in [5, 5.41) is 10.1. The van der Waals surface area contributed by atoms with Crippen molar-refractivity contribution < 1.29 is 5.11 Å². The van der Waals surface area contributed by atoms with Crippen LogP contribution >= 0.6 is 0 Å². The van der Waals surface area contributed by atoms with Gasteiger partial charge in [-0.25, -0.2) is 0 Å². The van der Waals surface area contributed by atoms with Gasteiger partial charge in [0.15, 0.2) is 0 Å². The van der Waals surface area contributed by atoms with Gasteiger partial charge in [-0.05, 0) is 50.4 Å². The van der Waals surface area contributed by atoms with Gasteiger partial charge in [0.2, 0.25) is 0 Å². The summed E-state index contributed by atoms with van der Waals surface area (Å²) in [6.07, 6.45) is 2.80. The summed E-state index contributed by atoms with van der Waals surface area (Å²) in [6.45, 7) is 5.26. The van der Waals surface area contributed by atoms with E-state index in [2.05, 4.69) is 28.9 Å². The Labute approximate surface area is 121 Å². The Morgan fingerprint density at radius 1 is 1.35 bits per heavy atom. The van der Waals surface area contributed by atoms with E-state index in [1.165, 1.54) is 5.56 Å². The average Bonchev–Trinajstić information content (AvgIpc) is 2.58. The lowest BCUT2D eigenvalue weighted by Gasteiger charge is -2.22. The SMILES string of the molecule is CC1(O)CCCN(Cc2cccc(C#CCN)c2)CC1. The molecule has 1 saturated heterocycles. The molecule has 3 nitrogen and oxygen atoms in total. The third-order valence-electron chi connectivity index (χ3n) is 3.82. The highest BCUT2D eigenvalue weighted by Gasteiger charge is 2.24. The number of nitrogens with zero attached hydrogens (tertiary/aromatic N) is 1. The molecule has 1 aliphatic heterocycles. The van der Waals surface area contributed by atoms with Crippen molar-refractivity contribution in [2.45, 2.75) is 38.3 Å². The predicted molar refractivity (Wildman–Crippen MR) is 82.1 cm³/mol. The molecule has 3 heteroatoms. The van der Waals surface area contributed by atoms with E-state index in [0.29, 0.717) is 6.54 Å². The Kier molecular flexibility index (Phi) is 5.19. The smallest absolute Gasteiger partial charge is 0.0632 e. The highest BCUT2D eigenvalue weighted by Crippen LogP contribution is 2.22. The van der Waals surface area contributed by atoms with Crippen LogP contribution in [0.25, 0.3) is 0 Å². The molecule has 1 aliphatic rings.